The molecular weight excluding hydrogens is 459 g/mol. The molecule has 0 radical (unpaired) electrons. The van der Waals surface area contributed by atoms with Crippen LogP contribution in [-0.4, -0.2) is 36.1 Å². The number of aromatic nitrogens is 3. The molecule has 0 aliphatic rings. The third-order valence-corrected chi connectivity index (χ3v) is 6.73. The zero-order valence-electron chi connectivity index (χ0n) is 18.6. The van der Waals surface area contributed by atoms with Crippen LogP contribution < -0.4 is 10.1 Å². The maximum absolute atomic E-state index is 14.1. The van der Waals surface area contributed by atoms with E-state index in [4.69, 9.17) is 4.74 Å². The first-order valence-corrected chi connectivity index (χ1v) is 12.1. The van der Waals surface area contributed by atoms with Crippen molar-refractivity contribution in [3.05, 3.63) is 77.9 Å². The van der Waals surface area contributed by atoms with E-state index in [9.17, 15) is 17.6 Å². The number of aromatic amines is 1. The van der Waals surface area contributed by atoms with Gasteiger partial charge in [0.1, 0.15) is 11.6 Å². The lowest BCUT2D eigenvalue weighted by molar-refractivity contribution is 0.0950. The minimum atomic E-state index is -3.95. The molecule has 0 bridgehead atoms. The van der Waals surface area contributed by atoms with Gasteiger partial charge in [-0.15, -0.1) is 0 Å². The van der Waals surface area contributed by atoms with Gasteiger partial charge in [-0.2, -0.15) is 5.10 Å². The molecule has 0 saturated heterocycles. The molecule has 4 rings (SSSR count). The van der Waals surface area contributed by atoms with Crippen LogP contribution in [-0.2, 0) is 16.4 Å². The van der Waals surface area contributed by atoms with Crippen molar-refractivity contribution in [2.45, 2.75) is 30.2 Å². The molecule has 1 amide bonds. The summed E-state index contributed by atoms with van der Waals surface area (Å²) in [5.41, 5.74) is 1.67. The molecular formula is C24H23FN4O4S. The summed E-state index contributed by atoms with van der Waals surface area (Å²) in [5.74, 6) is -0.640. The van der Waals surface area contributed by atoms with Crippen molar-refractivity contribution in [2.75, 3.05) is 6.61 Å². The zero-order chi connectivity index (χ0) is 24.3. The van der Waals surface area contributed by atoms with Crippen molar-refractivity contribution < 1.29 is 22.3 Å². The Balaban J connectivity index is 1.45. The van der Waals surface area contributed by atoms with Crippen molar-refractivity contribution >= 4 is 26.8 Å². The van der Waals surface area contributed by atoms with Crippen LogP contribution >= 0.6 is 0 Å². The molecule has 176 valence electrons. The lowest BCUT2D eigenvalue weighted by Gasteiger charge is -2.11. The van der Waals surface area contributed by atoms with Gasteiger partial charge in [-0.3, -0.25) is 9.89 Å². The number of pyridine rings is 1. The largest absolute Gasteiger partial charge is 0.493 e. The number of benzene rings is 2. The van der Waals surface area contributed by atoms with Gasteiger partial charge in [-0.05, 0) is 41.8 Å². The third-order valence-electron chi connectivity index (χ3n) is 4.98. The molecule has 2 aromatic carbocycles. The summed E-state index contributed by atoms with van der Waals surface area (Å²) in [6.45, 7) is 4.41. The van der Waals surface area contributed by atoms with Crippen molar-refractivity contribution in [3.63, 3.8) is 0 Å². The highest BCUT2D eigenvalue weighted by atomic mass is 32.2. The summed E-state index contributed by atoms with van der Waals surface area (Å²) in [6.07, 6.45) is 3.03. The van der Waals surface area contributed by atoms with Crippen molar-refractivity contribution in [1.29, 1.82) is 0 Å². The van der Waals surface area contributed by atoms with Gasteiger partial charge in [-0.1, -0.05) is 26.0 Å². The van der Waals surface area contributed by atoms with Gasteiger partial charge in [-0.25, -0.2) is 17.8 Å². The summed E-state index contributed by atoms with van der Waals surface area (Å²) in [5, 5.41) is 10.1. The Hall–Kier alpha value is -3.79. The minimum absolute atomic E-state index is 0.0117. The van der Waals surface area contributed by atoms with Crippen LogP contribution in [0.5, 0.6) is 5.75 Å². The highest BCUT2D eigenvalue weighted by Gasteiger charge is 2.20. The number of hydrogen-bond acceptors (Lipinski definition) is 6. The molecule has 0 unspecified atom stereocenters. The SMILES string of the molecule is CC(C)COc1cc(F)cc(S(=O)(=O)c2ccc(CNC(=O)c3cnc4[nH]ncc4c3)cc2)c1. The Labute approximate surface area is 196 Å². The standard InChI is InChI=1S/C24H23FN4O4S/c1-15(2)14-33-20-8-19(25)9-22(10-20)34(31,32)21-5-3-16(4-6-21)11-27-24(30)18-7-17-13-28-29-23(17)26-12-18/h3-10,12-13,15H,11,14H2,1-2H3,(H,27,30)(H,26,28,29). The van der Waals surface area contributed by atoms with E-state index < -0.39 is 15.7 Å². The van der Waals surface area contributed by atoms with Gasteiger partial charge in [0.2, 0.25) is 9.84 Å². The summed E-state index contributed by atoms with van der Waals surface area (Å²) in [6, 6.07) is 11.2. The number of fused-ring (bicyclic) bond motifs is 1. The van der Waals surface area contributed by atoms with Crippen LogP contribution in [0.2, 0.25) is 0 Å². The minimum Gasteiger partial charge on any atom is -0.493 e. The average molecular weight is 483 g/mol. The number of hydrogen-bond donors (Lipinski definition) is 2. The fraction of sp³-hybridized carbons (Fsp3) is 0.208. The normalized spacial score (nSPS) is 11.6. The molecule has 2 heterocycles. The highest BCUT2D eigenvalue weighted by Crippen LogP contribution is 2.26. The van der Waals surface area contributed by atoms with Crippen molar-refractivity contribution in [1.82, 2.24) is 20.5 Å². The van der Waals surface area contributed by atoms with E-state index in [0.29, 0.717) is 23.4 Å². The molecule has 0 aliphatic heterocycles. The molecule has 2 N–H and O–H groups in total. The van der Waals surface area contributed by atoms with E-state index in [0.717, 1.165) is 17.5 Å². The topological polar surface area (TPSA) is 114 Å². The molecule has 10 heteroatoms. The number of sulfone groups is 1. The average Bonchev–Trinajstić information content (AvgIpc) is 3.29. The van der Waals surface area contributed by atoms with Crippen LogP contribution in [0.3, 0.4) is 0 Å². The fourth-order valence-corrected chi connectivity index (χ4v) is 4.51. The van der Waals surface area contributed by atoms with Crippen LogP contribution in [0.1, 0.15) is 29.8 Å². The molecule has 34 heavy (non-hydrogen) atoms. The third kappa shape index (κ3) is 5.23. The first-order valence-electron chi connectivity index (χ1n) is 10.6. The maximum atomic E-state index is 14.1. The van der Waals surface area contributed by atoms with Crippen LogP contribution in [0.4, 0.5) is 4.39 Å². The fourth-order valence-electron chi connectivity index (χ4n) is 3.21. The second-order valence-electron chi connectivity index (χ2n) is 8.19. The van der Waals surface area contributed by atoms with Gasteiger partial charge in [0, 0.05) is 24.2 Å². The predicted molar refractivity (Wildman–Crippen MR) is 124 cm³/mol. The van der Waals surface area contributed by atoms with E-state index in [-0.39, 0.29) is 33.9 Å². The van der Waals surface area contributed by atoms with E-state index in [1.54, 1.807) is 24.4 Å². The maximum Gasteiger partial charge on any atom is 0.253 e. The molecule has 0 spiro atoms. The summed E-state index contributed by atoms with van der Waals surface area (Å²) < 4.78 is 45.6. The quantitative estimate of drug-likeness (QED) is 0.394. The van der Waals surface area contributed by atoms with Crippen molar-refractivity contribution in [3.8, 4) is 5.75 Å². The van der Waals surface area contributed by atoms with Gasteiger partial charge < -0.3 is 10.1 Å². The number of carbonyl (C=O) groups excluding carboxylic acids is 1. The lowest BCUT2D eigenvalue weighted by Crippen LogP contribution is -2.22. The smallest absolute Gasteiger partial charge is 0.253 e. The highest BCUT2D eigenvalue weighted by molar-refractivity contribution is 7.91. The Kier molecular flexibility index (Phi) is 6.60. The van der Waals surface area contributed by atoms with Crippen LogP contribution in [0.25, 0.3) is 11.0 Å². The van der Waals surface area contributed by atoms with Crippen LogP contribution in [0, 0.1) is 11.7 Å². The molecule has 8 nitrogen and oxygen atoms in total. The first kappa shape index (κ1) is 23.4. The van der Waals surface area contributed by atoms with Gasteiger partial charge in [0.15, 0.2) is 5.65 Å². The number of nitrogens with one attached hydrogen (secondary N) is 2. The summed E-state index contributed by atoms with van der Waals surface area (Å²) >= 11 is 0. The molecule has 0 atom stereocenters. The van der Waals surface area contributed by atoms with E-state index in [1.807, 2.05) is 13.8 Å². The predicted octanol–water partition coefficient (Wildman–Crippen LogP) is 3.89. The Morgan fingerprint density at radius 1 is 1.09 bits per heavy atom. The van der Waals surface area contributed by atoms with Crippen LogP contribution in [0.15, 0.2) is 70.7 Å². The molecule has 4 aromatic rings. The van der Waals surface area contributed by atoms with Crippen molar-refractivity contribution in [2.24, 2.45) is 5.92 Å². The molecule has 2 aromatic heterocycles. The number of carbonyl (C=O) groups is 1. The van der Waals surface area contributed by atoms with Gasteiger partial charge >= 0.3 is 0 Å². The number of amides is 1. The molecule has 0 saturated carbocycles. The monoisotopic (exact) mass is 482 g/mol. The number of H-pyrrole nitrogens is 1. The van der Waals surface area contributed by atoms with Gasteiger partial charge in [0.05, 0.1) is 28.2 Å². The number of ether oxygens (including phenoxy) is 1. The van der Waals surface area contributed by atoms with E-state index in [1.165, 1.54) is 24.4 Å². The summed E-state index contributed by atoms with van der Waals surface area (Å²) in [7, 11) is -3.95. The lowest BCUT2D eigenvalue weighted by atomic mass is 10.2. The second-order valence-corrected chi connectivity index (χ2v) is 10.1. The number of nitrogens with zero attached hydrogens (tertiary/aromatic N) is 2. The summed E-state index contributed by atoms with van der Waals surface area (Å²) in [4.78, 5) is 16.4. The zero-order valence-corrected chi connectivity index (χ0v) is 19.4. The number of rotatable bonds is 8. The Morgan fingerprint density at radius 2 is 1.85 bits per heavy atom. The molecule has 0 fully saturated rings. The van der Waals surface area contributed by atoms with Gasteiger partial charge in [0.25, 0.3) is 5.91 Å². The Bertz CT molecular complexity index is 1430. The number of halogens is 1. The van der Waals surface area contributed by atoms with E-state index >= 15 is 0 Å². The second kappa shape index (κ2) is 9.60. The first-order chi connectivity index (χ1) is 16.2. The molecule has 0 aliphatic carbocycles. The Morgan fingerprint density at radius 3 is 2.59 bits per heavy atom. The van der Waals surface area contributed by atoms with E-state index in [2.05, 4.69) is 20.5 Å².